The summed E-state index contributed by atoms with van der Waals surface area (Å²) in [6.07, 6.45) is 2.71. The number of hydrogen-bond acceptors (Lipinski definition) is 3. The Hall–Kier alpha value is -0.520. The molecule has 0 heterocycles. The lowest BCUT2D eigenvalue weighted by Gasteiger charge is -2.18. The number of hydrogen-bond donors (Lipinski definition) is 2. The van der Waals surface area contributed by atoms with Gasteiger partial charge in [-0.15, -0.1) is 0 Å². The molecule has 0 spiro atoms. The van der Waals surface area contributed by atoms with E-state index in [0.29, 0.717) is 6.42 Å². The third-order valence-electron chi connectivity index (χ3n) is 2.70. The van der Waals surface area contributed by atoms with Crippen molar-refractivity contribution >= 4 is 33.6 Å². The average Bonchev–Trinajstić information content (AvgIpc) is 2.36. The van der Waals surface area contributed by atoms with Crippen LogP contribution < -0.4 is 11.1 Å². The molecule has 1 rings (SSSR count). The molecule has 1 amide bonds. The van der Waals surface area contributed by atoms with Gasteiger partial charge in [0.1, 0.15) is 0 Å². The van der Waals surface area contributed by atoms with E-state index in [1.54, 1.807) is 11.8 Å². The van der Waals surface area contributed by atoms with Crippen LogP contribution in [0, 0.1) is 0 Å². The van der Waals surface area contributed by atoms with Crippen LogP contribution in [0.2, 0.25) is 0 Å². The minimum absolute atomic E-state index is 0.0478. The SMILES string of the molecule is CSCC[C@@H](N)C(=O)N[C@H](C)c1ccccc1Br. The molecule has 2 atom stereocenters. The summed E-state index contributed by atoms with van der Waals surface area (Å²) in [5.41, 5.74) is 6.89. The summed E-state index contributed by atoms with van der Waals surface area (Å²) < 4.78 is 0.996. The standard InChI is InChI=1S/C13H19BrN2OS/c1-9(10-5-3-4-6-11(10)14)16-13(17)12(15)7-8-18-2/h3-6,9,12H,7-8,15H2,1-2H3,(H,16,17)/t9-,12-/m1/s1. The van der Waals surface area contributed by atoms with E-state index in [-0.39, 0.29) is 11.9 Å². The fourth-order valence-electron chi connectivity index (χ4n) is 1.60. The van der Waals surface area contributed by atoms with Gasteiger partial charge in [0, 0.05) is 4.47 Å². The van der Waals surface area contributed by atoms with Gasteiger partial charge in [-0.05, 0) is 37.0 Å². The molecule has 0 unspecified atom stereocenters. The minimum atomic E-state index is -0.428. The van der Waals surface area contributed by atoms with Crippen LogP contribution in [0.3, 0.4) is 0 Å². The van der Waals surface area contributed by atoms with Crippen LogP contribution in [0.25, 0.3) is 0 Å². The van der Waals surface area contributed by atoms with E-state index in [9.17, 15) is 4.79 Å². The molecular formula is C13H19BrN2OS. The van der Waals surface area contributed by atoms with Gasteiger partial charge in [0.2, 0.25) is 5.91 Å². The van der Waals surface area contributed by atoms with Gasteiger partial charge in [-0.2, -0.15) is 11.8 Å². The minimum Gasteiger partial charge on any atom is -0.348 e. The molecular weight excluding hydrogens is 312 g/mol. The number of nitrogens with one attached hydrogen (secondary N) is 1. The van der Waals surface area contributed by atoms with E-state index in [1.165, 1.54) is 0 Å². The van der Waals surface area contributed by atoms with Crippen molar-refractivity contribution in [3.63, 3.8) is 0 Å². The topological polar surface area (TPSA) is 55.1 Å². The Morgan fingerprint density at radius 3 is 2.78 bits per heavy atom. The van der Waals surface area contributed by atoms with E-state index in [0.717, 1.165) is 15.8 Å². The third-order valence-corrected chi connectivity index (χ3v) is 4.07. The molecule has 5 heteroatoms. The second-order valence-electron chi connectivity index (χ2n) is 4.14. The molecule has 0 saturated carbocycles. The Kier molecular flexibility index (Phi) is 6.75. The van der Waals surface area contributed by atoms with Crippen molar-refractivity contribution in [1.82, 2.24) is 5.32 Å². The molecule has 100 valence electrons. The van der Waals surface area contributed by atoms with Gasteiger partial charge < -0.3 is 11.1 Å². The first kappa shape index (κ1) is 15.5. The highest BCUT2D eigenvalue weighted by atomic mass is 79.9. The predicted molar refractivity (Wildman–Crippen MR) is 81.7 cm³/mol. The van der Waals surface area contributed by atoms with Crippen LogP contribution in [-0.4, -0.2) is 24.0 Å². The van der Waals surface area contributed by atoms with Crippen LogP contribution in [-0.2, 0) is 4.79 Å². The summed E-state index contributed by atoms with van der Waals surface area (Å²) in [5.74, 6) is 0.810. The Morgan fingerprint density at radius 2 is 2.17 bits per heavy atom. The first-order chi connectivity index (χ1) is 8.56. The quantitative estimate of drug-likeness (QED) is 0.843. The molecule has 3 nitrogen and oxygen atoms in total. The number of carbonyl (C=O) groups excluding carboxylic acids is 1. The average molecular weight is 331 g/mol. The van der Waals surface area contributed by atoms with Crippen molar-refractivity contribution in [3.8, 4) is 0 Å². The Morgan fingerprint density at radius 1 is 1.50 bits per heavy atom. The lowest BCUT2D eigenvalue weighted by atomic mass is 10.1. The smallest absolute Gasteiger partial charge is 0.237 e. The maximum atomic E-state index is 11.9. The van der Waals surface area contributed by atoms with Gasteiger partial charge in [-0.3, -0.25) is 4.79 Å². The number of halogens is 1. The first-order valence-electron chi connectivity index (χ1n) is 5.85. The molecule has 0 bridgehead atoms. The molecule has 3 N–H and O–H groups in total. The summed E-state index contributed by atoms with van der Waals surface area (Å²) in [5, 5.41) is 2.94. The molecule has 1 aromatic rings. The van der Waals surface area contributed by atoms with E-state index in [1.807, 2.05) is 37.4 Å². The largest absolute Gasteiger partial charge is 0.348 e. The highest BCUT2D eigenvalue weighted by molar-refractivity contribution is 9.10. The first-order valence-corrected chi connectivity index (χ1v) is 8.04. The lowest BCUT2D eigenvalue weighted by molar-refractivity contribution is -0.123. The molecule has 0 radical (unpaired) electrons. The number of amides is 1. The number of carbonyl (C=O) groups is 1. The van der Waals surface area contributed by atoms with E-state index in [4.69, 9.17) is 5.73 Å². The molecule has 0 fully saturated rings. The summed E-state index contributed by atoms with van der Waals surface area (Å²) in [6.45, 7) is 1.96. The Balaban J connectivity index is 2.57. The molecule has 0 aliphatic carbocycles. The number of rotatable bonds is 6. The maximum Gasteiger partial charge on any atom is 0.237 e. The summed E-state index contributed by atoms with van der Waals surface area (Å²) in [6, 6.07) is 7.38. The highest BCUT2D eigenvalue weighted by Crippen LogP contribution is 2.22. The monoisotopic (exact) mass is 330 g/mol. The number of thioether (sulfide) groups is 1. The van der Waals surface area contributed by atoms with Crippen molar-refractivity contribution in [3.05, 3.63) is 34.3 Å². The molecule has 1 aromatic carbocycles. The van der Waals surface area contributed by atoms with Crippen LogP contribution in [0.1, 0.15) is 24.9 Å². The fourth-order valence-corrected chi connectivity index (χ4v) is 2.72. The summed E-state index contributed by atoms with van der Waals surface area (Å²) in [7, 11) is 0. The number of nitrogens with two attached hydrogens (primary N) is 1. The van der Waals surface area contributed by atoms with Crippen molar-refractivity contribution in [2.45, 2.75) is 25.4 Å². The normalized spacial score (nSPS) is 14.0. The zero-order chi connectivity index (χ0) is 13.5. The van der Waals surface area contributed by atoms with Crippen LogP contribution in [0.15, 0.2) is 28.7 Å². The molecule has 18 heavy (non-hydrogen) atoms. The van der Waals surface area contributed by atoms with E-state index in [2.05, 4.69) is 21.2 Å². The van der Waals surface area contributed by atoms with E-state index >= 15 is 0 Å². The van der Waals surface area contributed by atoms with Crippen LogP contribution in [0.4, 0.5) is 0 Å². The summed E-state index contributed by atoms with van der Waals surface area (Å²) >= 11 is 5.18. The van der Waals surface area contributed by atoms with Crippen molar-refractivity contribution < 1.29 is 4.79 Å². The van der Waals surface area contributed by atoms with E-state index < -0.39 is 6.04 Å². The molecule has 0 aliphatic rings. The van der Waals surface area contributed by atoms with Crippen LogP contribution in [0.5, 0.6) is 0 Å². The lowest BCUT2D eigenvalue weighted by Crippen LogP contribution is -2.42. The fraction of sp³-hybridized carbons (Fsp3) is 0.462. The second kappa shape index (κ2) is 7.81. The van der Waals surface area contributed by atoms with Gasteiger partial charge in [0.05, 0.1) is 12.1 Å². The van der Waals surface area contributed by atoms with Gasteiger partial charge >= 0.3 is 0 Å². The van der Waals surface area contributed by atoms with Crippen molar-refractivity contribution in [1.29, 1.82) is 0 Å². The predicted octanol–water partition coefficient (Wildman–Crippen LogP) is 2.71. The Labute approximate surface area is 121 Å². The zero-order valence-corrected chi connectivity index (χ0v) is 13.1. The highest BCUT2D eigenvalue weighted by Gasteiger charge is 2.17. The van der Waals surface area contributed by atoms with Crippen LogP contribution >= 0.6 is 27.7 Å². The third kappa shape index (κ3) is 4.63. The molecule has 0 aromatic heterocycles. The summed E-state index contributed by atoms with van der Waals surface area (Å²) in [4.78, 5) is 11.9. The van der Waals surface area contributed by atoms with Crippen molar-refractivity contribution in [2.75, 3.05) is 12.0 Å². The molecule has 0 aliphatic heterocycles. The zero-order valence-electron chi connectivity index (χ0n) is 10.7. The Bertz CT molecular complexity index is 400. The number of benzene rings is 1. The van der Waals surface area contributed by atoms with Crippen molar-refractivity contribution in [2.24, 2.45) is 5.73 Å². The van der Waals surface area contributed by atoms with Gasteiger partial charge in [0.15, 0.2) is 0 Å². The molecule has 0 saturated heterocycles. The maximum absolute atomic E-state index is 11.9. The van der Waals surface area contributed by atoms with Gasteiger partial charge in [-0.25, -0.2) is 0 Å². The van der Waals surface area contributed by atoms with Gasteiger partial charge in [-0.1, -0.05) is 34.1 Å². The second-order valence-corrected chi connectivity index (χ2v) is 5.98. The van der Waals surface area contributed by atoms with Gasteiger partial charge in [0.25, 0.3) is 0 Å².